The Kier molecular flexibility index (Phi) is 4.42. The standard InChI is InChI=1S/C15H14ClNO2/c1-19-14-5-3-2-4-13(14)15(18)17-10-11-6-8-12(16)9-7-11/h2-9H,10H2,1H3,(H,17,18). The van der Waals surface area contributed by atoms with Crippen LogP contribution >= 0.6 is 11.6 Å². The third-order valence-corrected chi connectivity index (χ3v) is 2.97. The van der Waals surface area contributed by atoms with Crippen LogP contribution in [0, 0.1) is 0 Å². The molecule has 0 aliphatic rings. The number of carbonyl (C=O) groups is 1. The zero-order chi connectivity index (χ0) is 13.7. The third-order valence-electron chi connectivity index (χ3n) is 2.72. The van der Waals surface area contributed by atoms with E-state index in [2.05, 4.69) is 5.32 Å². The molecule has 0 aliphatic heterocycles. The smallest absolute Gasteiger partial charge is 0.255 e. The number of hydrogen-bond acceptors (Lipinski definition) is 2. The summed E-state index contributed by atoms with van der Waals surface area (Å²) in [7, 11) is 1.55. The van der Waals surface area contributed by atoms with E-state index in [1.54, 1.807) is 37.4 Å². The monoisotopic (exact) mass is 275 g/mol. The van der Waals surface area contributed by atoms with Crippen LogP contribution in [0.3, 0.4) is 0 Å². The second-order valence-corrected chi connectivity index (χ2v) is 4.45. The Morgan fingerprint density at radius 2 is 1.84 bits per heavy atom. The van der Waals surface area contributed by atoms with Gasteiger partial charge in [-0.15, -0.1) is 0 Å². The van der Waals surface area contributed by atoms with Crippen LogP contribution in [0.2, 0.25) is 5.02 Å². The summed E-state index contributed by atoms with van der Waals surface area (Å²) in [4.78, 5) is 12.0. The maximum atomic E-state index is 12.0. The average Bonchev–Trinajstić information content (AvgIpc) is 2.46. The van der Waals surface area contributed by atoms with Crippen molar-refractivity contribution < 1.29 is 9.53 Å². The van der Waals surface area contributed by atoms with E-state index in [1.807, 2.05) is 18.2 Å². The molecule has 0 heterocycles. The van der Waals surface area contributed by atoms with Gasteiger partial charge in [-0.3, -0.25) is 4.79 Å². The Balaban J connectivity index is 2.03. The van der Waals surface area contributed by atoms with Gasteiger partial charge in [0.25, 0.3) is 5.91 Å². The number of carbonyl (C=O) groups excluding carboxylic acids is 1. The molecule has 0 aliphatic carbocycles. The molecule has 1 amide bonds. The fourth-order valence-corrected chi connectivity index (χ4v) is 1.84. The maximum absolute atomic E-state index is 12.0. The van der Waals surface area contributed by atoms with Crippen molar-refractivity contribution in [3.05, 3.63) is 64.7 Å². The molecular weight excluding hydrogens is 262 g/mol. The molecular formula is C15H14ClNO2. The number of rotatable bonds is 4. The zero-order valence-corrected chi connectivity index (χ0v) is 11.3. The van der Waals surface area contributed by atoms with Gasteiger partial charge in [0, 0.05) is 11.6 Å². The van der Waals surface area contributed by atoms with E-state index in [9.17, 15) is 4.79 Å². The van der Waals surface area contributed by atoms with E-state index >= 15 is 0 Å². The van der Waals surface area contributed by atoms with Crippen LogP contribution in [0.4, 0.5) is 0 Å². The van der Waals surface area contributed by atoms with E-state index in [4.69, 9.17) is 16.3 Å². The van der Waals surface area contributed by atoms with Crippen molar-refractivity contribution in [1.29, 1.82) is 0 Å². The first-order valence-corrected chi connectivity index (χ1v) is 6.24. The van der Waals surface area contributed by atoms with Gasteiger partial charge in [-0.25, -0.2) is 0 Å². The first kappa shape index (κ1) is 13.4. The summed E-state index contributed by atoms with van der Waals surface area (Å²) in [5.74, 6) is 0.406. The fraction of sp³-hybridized carbons (Fsp3) is 0.133. The molecule has 4 heteroatoms. The summed E-state index contributed by atoms with van der Waals surface area (Å²) < 4.78 is 5.16. The summed E-state index contributed by atoms with van der Waals surface area (Å²) in [5, 5.41) is 3.53. The molecule has 2 rings (SSSR count). The van der Waals surface area contributed by atoms with Crippen molar-refractivity contribution in [3.8, 4) is 5.75 Å². The van der Waals surface area contributed by atoms with E-state index in [0.29, 0.717) is 22.9 Å². The molecule has 19 heavy (non-hydrogen) atoms. The largest absolute Gasteiger partial charge is 0.496 e. The highest BCUT2D eigenvalue weighted by atomic mass is 35.5. The predicted molar refractivity (Wildman–Crippen MR) is 75.6 cm³/mol. The Hall–Kier alpha value is -2.00. The van der Waals surface area contributed by atoms with Gasteiger partial charge in [0.05, 0.1) is 12.7 Å². The number of methoxy groups -OCH3 is 1. The van der Waals surface area contributed by atoms with Crippen LogP contribution in [-0.2, 0) is 6.54 Å². The lowest BCUT2D eigenvalue weighted by atomic mass is 10.1. The second kappa shape index (κ2) is 6.25. The van der Waals surface area contributed by atoms with E-state index in [1.165, 1.54) is 0 Å². The summed E-state index contributed by atoms with van der Waals surface area (Å²) >= 11 is 5.81. The average molecular weight is 276 g/mol. The Morgan fingerprint density at radius 3 is 2.53 bits per heavy atom. The number of amides is 1. The number of benzene rings is 2. The molecule has 0 saturated heterocycles. The van der Waals surface area contributed by atoms with Gasteiger partial charge in [0.15, 0.2) is 0 Å². The Bertz CT molecular complexity index is 567. The summed E-state index contributed by atoms with van der Waals surface area (Å²) in [6, 6.07) is 14.5. The molecule has 0 atom stereocenters. The van der Waals surface area contributed by atoms with Crippen molar-refractivity contribution in [2.75, 3.05) is 7.11 Å². The van der Waals surface area contributed by atoms with Crippen LogP contribution in [0.5, 0.6) is 5.75 Å². The molecule has 2 aromatic rings. The number of hydrogen-bond donors (Lipinski definition) is 1. The van der Waals surface area contributed by atoms with Crippen LogP contribution in [0.1, 0.15) is 15.9 Å². The summed E-state index contributed by atoms with van der Waals surface area (Å²) in [6.07, 6.45) is 0. The number of halogens is 1. The van der Waals surface area contributed by atoms with Crippen molar-refractivity contribution in [2.45, 2.75) is 6.54 Å². The predicted octanol–water partition coefficient (Wildman–Crippen LogP) is 3.28. The van der Waals surface area contributed by atoms with Crippen molar-refractivity contribution >= 4 is 17.5 Å². The minimum absolute atomic E-state index is 0.160. The van der Waals surface area contributed by atoms with Gasteiger partial charge in [-0.1, -0.05) is 35.9 Å². The normalized spacial score (nSPS) is 10.0. The lowest BCUT2D eigenvalue weighted by molar-refractivity contribution is 0.0948. The molecule has 0 radical (unpaired) electrons. The lowest BCUT2D eigenvalue weighted by Gasteiger charge is -2.09. The minimum atomic E-state index is -0.160. The molecule has 0 bridgehead atoms. The topological polar surface area (TPSA) is 38.3 Å². The number of nitrogens with one attached hydrogen (secondary N) is 1. The molecule has 2 aromatic carbocycles. The van der Waals surface area contributed by atoms with Crippen LogP contribution < -0.4 is 10.1 Å². The molecule has 0 unspecified atom stereocenters. The molecule has 0 spiro atoms. The molecule has 1 N–H and O–H groups in total. The first-order chi connectivity index (χ1) is 9.20. The highest BCUT2D eigenvalue weighted by molar-refractivity contribution is 6.30. The summed E-state index contributed by atoms with van der Waals surface area (Å²) in [5.41, 5.74) is 1.52. The van der Waals surface area contributed by atoms with Crippen molar-refractivity contribution in [2.24, 2.45) is 0 Å². The van der Waals surface area contributed by atoms with E-state index in [0.717, 1.165) is 5.56 Å². The second-order valence-electron chi connectivity index (χ2n) is 4.01. The van der Waals surface area contributed by atoms with E-state index in [-0.39, 0.29) is 5.91 Å². The zero-order valence-electron chi connectivity index (χ0n) is 10.5. The lowest BCUT2D eigenvalue weighted by Crippen LogP contribution is -2.23. The van der Waals surface area contributed by atoms with Crippen LogP contribution in [0.15, 0.2) is 48.5 Å². The van der Waals surface area contributed by atoms with Gasteiger partial charge in [-0.2, -0.15) is 0 Å². The molecule has 0 fully saturated rings. The van der Waals surface area contributed by atoms with Gasteiger partial charge >= 0.3 is 0 Å². The van der Waals surface area contributed by atoms with Gasteiger partial charge < -0.3 is 10.1 Å². The minimum Gasteiger partial charge on any atom is -0.496 e. The van der Waals surface area contributed by atoms with Crippen molar-refractivity contribution in [1.82, 2.24) is 5.32 Å². The Morgan fingerprint density at radius 1 is 1.16 bits per heavy atom. The third kappa shape index (κ3) is 3.48. The van der Waals surface area contributed by atoms with Crippen LogP contribution in [-0.4, -0.2) is 13.0 Å². The molecule has 0 aromatic heterocycles. The van der Waals surface area contributed by atoms with Crippen LogP contribution in [0.25, 0.3) is 0 Å². The molecule has 3 nitrogen and oxygen atoms in total. The van der Waals surface area contributed by atoms with Gasteiger partial charge in [0.1, 0.15) is 5.75 Å². The SMILES string of the molecule is COc1ccccc1C(=O)NCc1ccc(Cl)cc1. The Labute approximate surface area is 117 Å². The summed E-state index contributed by atoms with van der Waals surface area (Å²) in [6.45, 7) is 0.452. The fourth-order valence-electron chi connectivity index (χ4n) is 1.71. The first-order valence-electron chi connectivity index (χ1n) is 5.86. The van der Waals surface area contributed by atoms with Crippen molar-refractivity contribution in [3.63, 3.8) is 0 Å². The van der Waals surface area contributed by atoms with Gasteiger partial charge in [-0.05, 0) is 29.8 Å². The van der Waals surface area contributed by atoms with Gasteiger partial charge in [0.2, 0.25) is 0 Å². The maximum Gasteiger partial charge on any atom is 0.255 e. The molecule has 0 saturated carbocycles. The highest BCUT2D eigenvalue weighted by Gasteiger charge is 2.10. The quantitative estimate of drug-likeness (QED) is 0.930. The number of para-hydroxylation sites is 1. The number of ether oxygens (including phenoxy) is 1. The van der Waals surface area contributed by atoms with E-state index < -0.39 is 0 Å². The molecule has 98 valence electrons. The highest BCUT2D eigenvalue weighted by Crippen LogP contribution is 2.17.